The third kappa shape index (κ3) is 3.09. The van der Waals surface area contributed by atoms with Crippen LogP contribution in [-0.4, -0.2) is 25.6 Å². The van der Waals surface area contributed by atoms with E-state index in [1.165, 1.54) is 0 Å². The van der Waals surface area contributed by atoms with E-state index >= 15 is 0 Å². The van der Waals surface area contributed by atoms with Gasteiger partial charge in [-0.25, -0.2) is 4.98 Å². The molecule has 4 rings (SSSR count). The van der Waals surface area contributed by atoms with Crippen molar-refractivity contribution >= 4 is 43.9 Å². The molecule has 122 valence electrons. The Morgan fingerprint density at radius 2 is 1.88 bits per heavy atom. The standard InChI is InChI=1S/C16H11BrN8/c17-11-4-1-10-8-19-15(18)14(13(10)7-11)21-20-12-5-2-9(3-6-12)16-22-24-25-23-16/h1-8H,(H2,18,19)(H,22,23,24,25). The zero-order chi connectivity index (χ0) is 17.2. The van der Waals surface area contributed by atoms with Crippen molar-refractivity contribution in [1.82, 2.24) is 25.6 Å². The van der Waals surface area contributed by atoms with Crippen molar-refractivity contribution in [2.75, 3.05) is 5.73 Å². The number of pyridine rings is 1. The summed E-state index contributed by atoms with van der Waals surface area (Å²) in [5.41, 5.74) is 8.04. The number of tetrazole rings is 1. The van der Waals surface area contributed by atoms with Gasteiger partial charge >= 0.3 is 0 Å². The minimum atomic E-state index is 0.331. The summed E-state index contributed by atoms with van der Waals surface area (Å²) in [5.74, 6) is 0.855. The summed E-state index contributed by atoms with van der Waals surface area (Å²) in [5, 5.41) is 24.2. The van der Waals surface area contributed by atoms with E-state index in [4.69, 9.17) is 5.73 Å². The molecule has 0 saturated heterocycles. The Morgan fingerprint density at radius 3 is 2.64 bits per heavy atom. The molecular weight excluding hydrogens is 384 g/mol. The predicted octanol–water partition coefficient (Wildman–Crippen LogP) is 4.18. The van der Waals surface area contributed by atoms with Crippen LogP contribution in [0.3, 0.4) is 0 Å². The Bertz CT molecular complexity index is 1050. The molecule has 0 saturated carbocycles. The van der Waals surface area contributed by atoms with Crippen LogP contribution in [-0.2, 0) is 0 Å². The molecule has 0 radical (unpaired) electrons. The lowest BCUT2D eigenvalue weighted by Crippen LogP contribution is -1.90. The molecule has 0 bridgehead atoms. The number of nitrogens with zero attached hydrogens (tertiary/aromatic N) is 6. The molecule has 0 aliphatic rings. The second-order valence-corrected chi connectivity index (χ2v) is 6.12. The van der Waals surface area contributed by atoms with Crippen molar-refractivity contribution < 1.29 is 0 Å². The van der Waals surface area contributed by atoms with Gasteiger partial charge in [-0.15, -0.1) is 15.3 Å². The zero-order valence-corrected chi connectivity index (χ0v) is 14.3. The van der Waals surface area contributed by atoms with Gasteiger partial charge < -0.3 is 5.73 Å². The predicted molar refractivity (Wildman–Crippen MR) is 97.6 cm³/mol. The molecule has 2 aromatic carbocycles. The van der Waals surface area contributed by atoms with Gasteiger partial charge in [0.25, 0.3) is 0 Å². The summed E-state index contributed by atoms with van der Waals surface area (Å²) in [4.78, 5) is 4.18. The second-order valence-electron chi connectivity index (χ2n) is 5.21. The van der Waals surface area contributed by atoms with Gasteiger partial charge in [-0.05, 0) is 41.6 Å². The van der Waals surface area contributed by atoms with Crippen molar-refractivity contribution in [2.24, 2.45) is 10.2 Å². The van der Waals surface area contributed by atoms with Gasteiger partial charge in [-0.3, -0.25) is 0 Å². The van der Waals surface area contributed by atoms with Crippen LogP contribution in [0.4, 0.5) is 17.2 Å². The Balaban J connectivity index is 1.69. The van der Waals surface area contributed by atoms with E-state index in [0.29, 0.717) is 23.0 Å². The van der Waals surface area contributed by atoms with Crippen molar-refractivity contribution in [3.8, 4) is 11.4 Å². The van der Waals surface area contributed by atoms with Crippen LogP contribution in [0.2, 0.25) is 0 Å². The highest BCUT2D eigenvalue weighted by atomic mass is 79.9. The Morgan fingerprint density at radius 1 is 1.04 bits per heavy atom. The number of azo groups is 1. The lowest BCUT2D eigenvalue weighted by Gasteiger charge is -2.04. The molecule has 25 heavy (non-hydrogen) atoms. The number of anilines is 1. The van der Waals surface area contributed by atoms with Crippen LogP contribution >= 0.6 is 15.9 Å². The van der Waals surface area contributed by atoms with E-state index in [0.717, 1.165) is 20.8 Å². The van der Waals surface area contributed by atoms with E-state index in [-0.39, 0.29) is 0 Å². The molecule has 0 fully saturated rings. The number of rotatable bonds is 3. The molecular formula is C16H11BrN8. The molecule has 0 amide bonds. The van der Waals surface area contributed by atoms with E-state index in [2.05, 4.69) is 51.8 Å². The maximum Gasteiger partial charge on any atom is 0.204 e. The second kappa shape index (κ2) is 6.36. The number of H-pyrrole nitrogens is 1. The first-order valence-electron chi connectivity index (χ1n) is 7.30. The van der Waals surface area contributed by atoms with Crippen molar-refractivity contribution in [3.05, 3.63) is 53.1 Å². The van der Waals surface area contributed by atoms with Crippen LogP contribution in [0.1, 0.15) is 0 Å². The number of nitrogens with one attached hydrogen (secondary N) is 1. The fraction of sp³-hybridized carbons (Fsp3) is 0. The first kappa shape index (κ1) is 15.3. The van der Waals surface area contributed by atoms with Gasteiger partial charge in [0, 0.05) is 27.0 Å². The number of hydrogen-bond donors (Lipinski definition) is 2. The number of fused-ring (bicyclic) bond motifs is 1. The number of aromatic amines is 1. The molecule has 0 unspecified atom stereocenters. The molecule has 2 heterocycles. The third-order valence-electron chi connectivity index (χ3n) is 3.59. The minimum Gasteiger partial charge on any atom is -0.382 e. The van der Waals surface area contributed by atoms with Gasteiger partial charge in [-0.2, -0.15) is 10.3 Å². The smallest absolute Gasteiger partial charge is 0.204 e. The molecule has 8 nitrogen and oxygen atoms in total. The zero-order valence-electron chi connectivity index (χ0n) is 12.8. The van der Waals surface area contributed by atoms with Crippen LogP contribution in [0, 0.1) is 0 Å². The Hall–Kier alpha value is -3.20. The molecule has 0 atom stereocenters. The van der Waals surface area contributed by atoms with Gasteiger partial charge in [0.05, 0.1) is 5.69 Å². The van der Waals surface area contributed by atoms with E-state index in [1.54, 1.807) is 6.20 Å². The Labute approximate surface area is 150 Å². The maximum absolute atomic E-state index is 5.98. The lowest BCUT2D eigenvalue weighted by atomic mass is 10.1. The number of nitrogens with two attached hydrogens (primary N) is 1. The molecule has 9 heteroatoms. The number of nitrogen functional groups attached to an aromatic ring is 1. The normalized spacial score (nSPS) is 11.4. The van der Waals surface area contributed by atoms with Gasteiger partial charge in [0.15, 0.2) is 5.82 Å². The van der Waals surface area contributed by atoms with Crippen LogP contribution in [0.25, 0.3) is 22.2 Å². The van der Waals surface area contributed by atoms with Crippen LogP contribution < -0.4 is 5.73 Å². The van der Waals surface area contributed by atoms with Crippen molar-refractivity contribution in [1.29, 1.82) is 0 Å². The highest BCUT2D eigenvalue weighted by Gasteiger charge is 2.07. The number of benzene rings is 2. The van der Waals surface area contributed by atoms with E-state index in [9.17, 15) is 0 Å². The molecule has 0 spiro atoms. The molecule has 3 N–H and O–H groups in total. The van der Waals surface area contributed by atoms with Crippen molar-refractivity contribution in [2.45, 2.75) is 0 Å². The van der Waals surface area contributed by atoms with Crippen LogP contribution in [0.15, 0.2) is 63.4 Å². The average molecular weight is 395 g/mol. The molecule has 0 aliphatic carbocycles. The minimum absolute atomic E-state index is 0.331. The number of hydrogen-bond acceptors (Lipinski definition) is 7. The van der Waals surface area contributed by atoms with E-state index in [1.807, 2.05) is 42.5 Å². The van der Waals surface area contributed by atoms with Gasteiger partial charge in [0.1, 0.15) is 5.69 Å². The fourth-order valence-electron chi connectivity index (χ4n) is 2.36. The average Bonchev–Trinajstić information content (AvgIpc) is 3.16. The maximum atomic E-state index is 5.98. The van der Waals surface area contributed by atoms with Crippen LogP contribution in [0.5, 0.6) is 0 Å². The number of halogens is 1. The summed E-state index contributed by atoms with van der Waals surface area (Å²) in [6.07, 6.45) is 1.72. The summed E-state index contributed by atoms with van der Waals surface area (Å²) in [6.45, 7) is 0. The van der Waals surface area contributed by atoms with Gasteiger partial charge in [-0.1, -0.05) is 22.0 Å². The lowest BCUT2D eigenvalue weighted by molar-refractivity contribution is 0.881. The highest BCUT2D eigenvalue weighted by molar-refractivity contribution is 9.10. The quantitative estimate of drug-likeness (QED) is 0.505. The number of aromatic nitrogens is 5. The topological polar surface area (TPSA) is 118 Å². The largest absolute Gasteiger partial charge is 0.382 e. The van der Waals surface area contributed by atoms with Crippen molar-refractivity contribution in [3.63, 3.8) is 0 Å². The SMILES string of the molecule is Nc1ncc2ccc(Br)cc2c1N=Nc1ccc(-c2nn[nH]n2)cc1. The highest BCUT2D eigenvalue weighted by Crippen LogP contribution is 2.33. The first-order valence-corrected chi connectivity index (χ1v) is 8.09. The summed E-state index contributed by atoms with van der Waals surface area (Å²) < 4.78 is 0.937. The summed E-state index contributed by atoms with van der Waals surface area (Å²) in [6, 6.07) is 13.2. The molecule has 2 aromatic heterocycles. The van der Waals surface area contributed by atoms with Gasteiger partial charge in [0.2, 0.25) is 5.82 Å². The third-order valence-corrected chi connectivity index (χ3v) is 4.09. The Kier molecular flexibility index (Phi) is 3.90. The van der Waals surface area contributed by atoms with E-state index < -0.39 is 0 Å². The summed E-state index contributed by atoms with van der Waals surface area (Å²) >= 11 is 3.46. The first-order chi connectivity index (χ1) is 12.2. The summed E-state index contributed by atoms with van der Waals surface area (Å²) in [7, 11) is 0. The molecule has 4 aromatic rings. The monoisotopic (exact) mass is 394 g/mol. The fourth-order valence-corrected chi connectivity index (χ4v) is 2.72. The molecule has 0 aliphatic heterocycles.